The average Bonchev–Trinajstić information content (AvgIpc) is 2.60. The highest BCUT2D eigenvalue weighted by molar-refractivity contribution is 6.28. The molecule has 0 aliphatic carbocycles. The van der Waals surface area contributed by atoms with Gasteiger partial charge in [0.2, 0.25) is 5.28 Å². The molecule has 1 aliphatic rings. The Kier molecular flexibility index (Phi) is 3.38. The van der Waals surface area contributed by atoms with Crippen LogP contribution in [-0.2, 0) is 0 Å². The Morgan fingerprint density at radius 3 is 2.83 bits per heavy atom. The van der Waals surface area contributed by atoms with Gasteiger partial charge in [0.25, 0.3) is 0 Å². The number of nitrogens with zero attached hydrogens (tertiary/aromatic N) is 4. The highest BCUT2D eigenvalue weighted by Crippen LogP contribution is 2.28. The first-order valence-electron chi connectivity index (χ1n) is 5.64. The van der Waals surface area contributed by atoms with Gasteiger partial charge in [0, 0.05) is 13.6 Å². The molecule has 1 aliphatic heterocycles. The fourth-order valence-corrected chi connectivity index (χ4v) is 2.16. The molecule has 0 spiro atoms. The van der Waals surface area contributed by atoms with Crippen LogP contribution >= 0.6 is 11.6 Å². The van der Waals surface area contributed by atoms with Crippen molar-refractivity contribution in [3.05, 3.63) is 17.3 Å². The Morgan fingerprint density at radius 1 is 1.56 bits per heavy atom. The zero-order valence-electron chi connectivity index (χ0n) is 10.4. The van der Waals surface area contributed by atoms with Crippen molar-refractivity contribution in [3.63, 3.8) is 0 Å². The van der Waals surface area contributed by atoms with E-state index in [1.807, 2.05) is 13.8 Å². The minimum Gasteiger partial charge on any atom is -0.325 e. The molecule has 0 N–H and O–H groups in total. The van der Waals surface area contributed by atoms with Crippen molar-refractivity contribution in [2.45, 2.75) is 19.9 Å². The molecule has 0 saturated carbocycles. The summed E-state index contributed by atoms with van der Waals surface area (Å²) in [6, 6.07) is -0.398. The molecule has 1 fully saturated rings. The maximum Gasteiger partial charge on any atom is 0.325 e. The van der Waals surface area contributed by atoms with Crippen molar-refractivity contribution in [3.8, 4) is 0 Å². The zero-order chi connectivity index (χ0) is 13.4. The number of rotatable bonds is 2. The fraction of sp³-hybridized carbons (Fsp3) is 0.545. The Balaban J connectivity index is 2.46. The minimum absolute atomic E-state index is 0.0527. The van der Waals surface area contributed by atoms with E-state index in [1.54, 1.807) is 11.9 Å². The largest absolute Gasteiger partial charge is 0.325 e. The van der Waals surface area contributed by atoms with Crippen LogP contribution in [0.1, 0.15) is 13.8 Å². The highest BCUT2D eigenvalue weighted by Gasteiger charge is 2.40. The van der Waals surface area contributed by atoms with Gasteiger partial charge < -0.3 is 4.90 Å². The predicted octanol–water partition coefficient (Wildman–Crippen LogP) is 2.17. The number of likely N-dealkylation sites (N-methyl/N-ethyl adjacent to an activating group) is 1. The summed E-state index contributed by atoms with van der Waals surface area (Å²) in [4.78, 5) is 22.3. The summed E-state index contributed by atoms with van der Waals surface area (Å²) in [6.07, 6.45) is 0.980. The van der Waals surface area contributed by atoms with E-state index in [4.69, 9.17) is 11.6 Å². The first kappa shape index (κ1) is 13.0. The van der Waals surface area contributed by atoms with Gasteiger partial charge in [-0.25, -0.2) is 14.2 Å². The van der Waals surface area contributed by atoms with Crippen LogP contribution in [0.4, 0.5) is 15.0 Å². The summed E-state index contributed by atoms with van der Waals surface area (Å²) in [7, 11) is 1.68. The molecule has 7 heteroatoms. The Labute approximate surface area is 110 Å². The monoisotopic (exact) mass is 272 g/mol. The molecule has 5 nitrogen and oxygen atoms in total. The number of amides is 2. The lowest BCUT2D eigenvalue weighted by Gasteiger charge is -2.25. The van der Waals surface area contributed by atoms with E-state index in [9.17, 15) is 9.18 Å². The SMILES string of the molecule is CC(C)C1CN(C)C(=O)N1c1nc(Cl)ncc1F. The van der Waals surface area contributed by atoms with Crippen molar-refractivity contribution in [2.75, 3.05) is 18.5 Å². The maximum absolute atomic E-state index is 13.8. The second-order valence-corrected chi connectivity index (χ2v) is 4.99. The first-order valence-corrected chi connectivity index (χ1v) is 6.02. The molecule has 0 aromatic carbocycles. The van der Waals surface area contributed by atoms with Gasteiger partial charge in [0.1, 0.15) is 0 Å². The van der Waals surface area contributed by atoms with E-state index in [0.29, 0.717) is 6.54 Å². The van der Waals surface area contributed by atoms with Crippen molar-refractivity contribution in [1.82, 2.24) is 14.9 Å². The zero-order valence-corrected chi connectivity index (χ0v) is 11.1. The molecule has 1 atom stereocenters. The molecule has 0 bridgehead atoms. The van der Waals surface area contributed by atoms with E-state index < -0.39 is 5.82 Å². The van der Waals surface area contributed by atoms with Gasteiger partial charge in [-0.15, -0.1) is 0 Å². The number of carbonyl (C=O) groups is 1. The summed E-state index contributed by atoms with van der Waals surface area (Å²) in [5.41, 5.74) is 0. The number of urea groups is 1. The van der Waals surface area contributed by atoms with Crippen LogP contribution in [-0.4, -0.2) is 40.5 Å². The molecule has 1 unspecified atom stereocenters. The fourth-order valence-electron chi connectivity index (χ4n) is 2.03. The number of aromatic nitrogens is 2. The molecular weight excluding hydrogens is 259 g/mol. The summed E-state index contributed by atoms with van der Waals surface area (Å²) < 4.78 is 13.8. The molecule has 2 heterocycles. The van der Waals surface area contributed by atoms with Gasteiger partial charge in [-0.1, -0.05) is 13.8 Å². The number of carbonyl (C=O) groups excluding carboxylic acids is 1. The topological polar surface area (TPSA) is 49.3 Å². The van der Waals surface area contributed by atoms with Crippen LogP contribution in [0.3, 0.4) is 0 Å². The maximum atomic E-state index is 13.8. The Hall–Kier alpha value is -1.43. The second kappa shape index (κ2) is 4.68. The van der Waals surface area contributed by atoms with Crippen LogP contribution in [0.5, 0.6) is 0 Å². The quantitative estimate of drug-likeness (QED) is 0.775. The van der Waals surface area contributed by atoms with E-state index in [1.165, 1.54) is 4.90 Å². The van der Waals surface area contributed by atoms with E-state index in [-0.39, 0.29) is 29.1 Å². The van der Waals surface area contributed by atoms with Crippen LogP contribution in [0.2, 0.25) is 5.28 Å². The number of hydrogen-bond donors (Lipinski definition) is 0. The van der Waals surface area contributed by atoms with Crippen LogP contribution < -0.4 is 4.90 Å². The van der Waals surface area contributed by atoms with E-state index >= 15 is 0 Å². The standard InChI is InChI=1S/C11H14ClFN4O/c1-6(2)8-5-16(3)11(18)17(8)9-7(13)4-14-10(12)15-9/h4,6,8H,5H2,1-3H3. The summed E-state index contributed by atoms with van der Waals surface area (Å²) >= 11 is 5.67. The Bertz CT molecular complexity index is 482. The third kappa shape index (κ3) is 2.12. The normalized spacial score (nSPS) is 20.1. The summed E-state index contributed by atoms with van der Waals surface area (Å²) in [6.45, 7) is 4.49. The van der Waals surface area contributed by atoms with E-state index in [2.05, 4.69) is 9.97 Å². The third-order valence-electron chi connectivity index (χ3n) is 3.02. The molecule has 1 saturated heterocycles. The molecule has 0 radical (unpaired) electrons. The lowest BCUT2D eigenvalue weighted by molar-refractivity contribution is 0.229. The van der Waals surface area contributed by atoms with Gasteiger partial charge in [0.05, 0.1) is 12.2 Å². The van der Waals surface area contributed by atoms with Crippen LogP contribution in [0.25, 0.3) is 0 Å². The predicted molar refractivity (Wildman–Crippen MR) is 66.1 cm³/mol. The molecule has 1 aromatic heterocycles. The van der Waals surface area contributed by atoms with Gasteiger partial charge in [0.15, 0.2) is 11.6 Å². The van der Waals surface area contributed by atoms with E-state index in [0.717, 1.165) is 6.20 Å². The second-order valence-electron chi connectivity index (χ2n) is 4.66. The molecule has 2 amide bonds. The van der Waals surface area contributed by atoms with Gasteiger partial charge in [-0.2, -0.15) is 4.98 Å². The highest BCUT2D eigenvalue weighted by atomic mass is 35.5. The molecule has 1 aromatic rings. The molecule has 98 valence electrons. The summed E-state index contributed by atoms with van der Waals surface area (Å²) in [5.74, 6) is -0.510. The Morgan fingerprint density at radius 2 is 2.22 bits per heavy atom. The van der Waals surface area contributed by atoms with Crippen LogP contribution in [0.15, 0.2) is 6.20 Å². The van der Waals surface area contributed by atoms with Gasteiger partial charge in [-0.05, 0) is 17.5 Å². The van der Waals surface area contributed by atoms with Gasteiger partial charge in [-0.3, -0.25) is 4.90 Å². The first-order chi connectivity index (χ1) is 8.41. The van der Waals surface area contributed by atoms with Crippen molar-refractivity contribution in [1.29, 1.82) is 0 Å². The van der Waals surface area contributed by atoms with Crippen molar-refractivity contribution < 1.29 is 9.18 Å². The number of halogens is 2. The minimum atomic E-state index is -0.645. The smallest absolute Gasteiger partial charge is 0.325 e. The lowest BCUT2D eigenvalue weighted by Crippen LogP contribution is -2.38. The lowest BCUT2D eigenvalue weighted by atomic mass is 10.0. The molecule has 18 heavy (non-hydrogen) atoms. The van der Waals surface area contributed by atoms with Crippen molar-refractivity contribution >= 4 is 23.4 Å². The molecular formula is C11H14ClFN4O. The molecule has 2 rings (SSSR count). The summed E-state index contributed by atoms with van der Waals surface area (Å²) in [5, 5.41) is -0.0729. The third-order valence-corrected chi connectivity index (χ3v) is 3.20. The van der Waals surface area contributed by atoms with Gasteiger partial charge >= 0.3 is 6.03 Å². The number of anilines is 1. The number of hydrogen-bond acceptors (Lipinski definition) is 3. The van der Waals surface area contributed by atoms with Crippen LogP contribution in [0, 0.1) is 11.7 Å². The average molecular weight is 273 g/mol. The van der Waals surface area contributed by atoms with Crippen molar-refractivity contribution in [2.24, 2.45) is 5.92 Å².